The van der Waals surface area contributed by atoms with E-state index < -0.39 is 5.60 Å². The van der Waals surface area contributed by atoms with Crippen LogP contribution in [0.25, 0.3) is 15.3 Å². The molecular weight excluding hydrogens is 532 g/mol. The molecule has 2 N–H and O–H groups in total. The number of aromatic nitrogens is 5. The number of thiazole rings is 1. The molecule has 1 saturated heterocycles. The smallest absolute Gasteiger partial charge is 0.410 e. The predicted octanol–water partition coefficient (Wildman–Crippen LogP) is 4.34. The first-order valence-electron chi connectivity index (χ1n) is 13.0. The van der Waals surface area contributed by atoms with Gasteiger partial charge in [0, 0.05) is 44.5 Å². The molecule has 4 aromatic rings. The number of aryl methyl sites for hydroxylation is 2. The highest BCUT2D eigenvalue weighted by molar-refractivity contribution is 7.21. The summed E-state index contributed by atoms with van der Waals surface area (Å²) in [4.78, 5) is 45.9. The van der Waals surface area contributed by atoms with E-state index in [9.17, 15) is 14.4 Å². The lowest BCUT2D eigenvalue weighted by atomic mass is 10.0. The van der Waals surface area contributed by atoms with E-state index in [0.717, 1.165) is 16.9 Å². The van der Waals surface area contributed by atoms with Crippen LogP contribution in [0.5, 0.6) is 0 Å². The molecule has 0 bridgehead atoms. The molecule has 0 radical (unpaired) electrons. The molecule has 1 atom stereocenters. The van der Waals surface area contributed by atoms with Crippen molar-refractivity contribution in [2.45, 2.75) is 46.1 Å². The van der Waals surface area contributed by atoms with Gasteiger partial charge in [-0.2, -0.15) is 10.2 Å². The Labute approximate surface area is 235 Å². The first-order valence-corrected chi connectivity index (χ1v) is 13.8. The zero-order valence-corrected chi connectivity index (χ0v) is 23.9. The molecule has 210 valence electrons. The molecule has 0 aromatic carbocycles. The zero-order valence-electron chi connectivity index (χ0n) is 23.1. The van der Waals surface area contributed by atoms with Crippen molar-refractivity contribution in [1.29, 1.82) is 0 Å². The number of anilines is 2. The average Bonchev–Trinajstić information content (AvgIpc) is 3.64. The van der Waals surface area contributed by atoms with Crippen molar-refractivity contribution >= 4 is 45.4 Å². The molecule has 12 nitrogen and oxygen atoms in total. The van der Waals surface area contributed by atoms with Crippen LogP contribution in [-0.2, 0) is 16.6 Å². The van der Waals surface area contributed by atoms with Crippen molar-refractivity contribution in [3.8, 4) is 10.4 Å². The Bertz CT molecular complexity index is 1580. The monoisotopic (exact) mass is 564 g/mol. The van der Waals surface area contributed by atoms with Crippen LogP contribution < -0.4 is 10.6 Å². The highest BCUT2D eigenvalue weighted by Gasteiger charge is 2.31. The minimum Gasteiger partial charge on any atom is -0.444 e. The summed E-state index contributed by atoms with van der Waals surface area (Å²) >= 11 is 1.45. The van der Waals surface area contributed by atoms with Gasteiger partial charge in [0.2, 0.25) is 5.91 Å². The summed E-state index contributed by atoms with van der Waals surface area (Å²) in [5.41, 5.74) is 2.40. The molecule has 13 heteroatoms. The SMILES string of the molecule is Cc1ncc(NC(=O)C[C@@H]2CCN(C(=O)OC(C)(C)C)C2)cc1NC(=O)c1cnn2cc(-c3cnn(C)c3)sc12. The third-order valence-electron chi connectivity index (χ3n) is 6.46. The third kappa shape index (κ3) is 6.14. The second kappa shape index (κ2) is 10.7. The van der Waals surface area contributed by atoms with Crippen LogP contribution in [0.4, 0.5) is 16.2 Å². The average molecular weight is 565 g/mol. The van der Waals surface area contributed by atoms with E-state index in [1.807, 2.05) is 40.2 Å². The molecule has 4 aromatic heterocycles. The van der Waals surface area contributed by atoms with Crippen LogP contribution in [0.15, 0.2) is 37.1 Å². The summed E-state index contributed by atoms with van der Waals surface area (Å²) < 4.78 is 8.83. The van der Waals surface area contributed by atoms with Crippen LogP contribution in [-0.4, -0.2) is 65.9 Å². The molecule has 3 amide bonds. The van der Waals surface area contributed by atoms with E-state index >= 15 is 0 Å². The molecule has 1 fully saturated rings. The summed E-state index contributed by atoms with van der Waals surface area (Å²) in [5, 5.41) is 14.3. The van der Waals surface area contributed by atoms with Gasteiger partial charge < -0.3 is 20.3 Å². The van der Waals surface area contributed by atoms with Crippen molar-refractivity contribution < 1.29 is 19.1 Å². The Morgan fingerprint density at radius 2 is 1.93 bits per heavy atom. The first kappa shape index (κ1) is 27.3. The highest BCUT2D eigenvalue weighted by atomic mass is 32.1. The molecule has 40 heavy (non-hydrogen) atoms. The number of nitrogens with one attached hydrogen (secondary N) is 2. The van der Waals surface area contributed by atoms with Crippen molar-refractivity contribution in [2.24, 2.45) is 13.0 Å². The summed E-state index contributed by atoms with van der Waals surface area (Å²) in [6.07, 6.45) is 9.27. The van der Waals surface area contributed by atoms with E-state index in [1.54, 1.807) is 39.5 Å². The van der Waals surface area contributed by atoms with Crippen molar-refractivity contribution in [2.75, 3.05) is 23.7 Å². The van der Waals surface area contributed by atoms with E-state index in [4.69, 9.17) is 4.74 Å². The number of carbonyl (C=O) groups excluding carboxylic acids is 3. The molecular formula is C27H32N8O4S. The Morgan fingerprint density at radius 1 is 1.12 bits per heavy atom. The minimum absolute atomic E-state index is 0.0391. The highest BCUT2D eigenvalue weighted by Crippen LogP contribution is 2.31. The number of carbonyl (C=O) groups is 3. The molecule has 5 heterocycles. The molecule has 0 aliphatic carbocycles. The van der Waals surface area contributed by atoms with Crippen LogP contribution in [0, 0.1) is 12.8 Å². The largest absolute Gasteiger partial charge is 0.444 e. The lowest BCUT2D eigenvalue weighted by Gasteiger charge is -2.24. The molecule has 5 rings (SSSR count). The maximum absolute atomic E-state index is 13.2. The van der Waals surface area contributed by atoms with Gasteiger partial charge in [-0.25, -0.2) is 9.31 Å². The van der Waals surface area contributed by atoms with Gasteiger partial charge >= 0.3 is 6.09 Å². The molecule has 0 unspecified atom stereocenters. The quantitative estimate of drug-likeness (QED) is 0.356. The Hall–Kier alpha value is -4.26. The fourth-order valence-electron chi connectivity index (χ4n) is 4.51. The number of fused-ring (bicyclic) bond motifs is 1. The Morgan fingerprint density at radius 3 is 2.65 bits per heavy atom. The lowest BCUT2D eigenvalue weighted by molar-refractivity contribution is -0.117. The van der Waals surface area contributed by atoms with Crippen molar-refractivity contribution in [3.05, 3.63) is 48.3 Å². The normalized spacial score (nSPS) is 15.4. The lowest BCUT2D eigenvalue weighted by Crippen LogP contribution is -2.35. The van der Waals surface area contributed by atoms with Crippen LogP contribution >= 0.6 is 11.3 Å². The first-order chi connectivity index (χ1) is 18.9. The zero-order chi connectivity index (χ0) is 28.6. The van der Waals surface area contributed by atoms with Crippen LogP contribution in [0.3, 0.4) is 0 Å². The molecule has 1 aliphatic heterocycles. The third-order valence-corrected chi connectivity index (χ3v) is 7.62. The number of ether oxygens (including phenoxy) is 1. The number of amides is 3. The maximum atomic E-state index is 13.2. The maximum Gasteiger partial charge on any atom is 0.410 e. The van der Waals surface area contributed by atoms with Gasteiger partial charge in [-0.1, -0.05) is 0 Å². The fourth-order valence-corrected chi connectivity index (χ4v) is 5.54. The Kier molecular flexibility index (Phi) is 7.32. The fraction of sp³-hybridized carbons (Fsp3) is 0.407. The number of rotatable bonds is 6. The molecule has 0 spiro atoms. The van der Waals surface area contributed by atoms with Gasteiger partial charge in [-0.15, -0.1) is 11.3 Å². The number of hydrogen-bond donors (Lipinski definition) is 2. The van der Waals surface area contributed by atoms with E-state index in [0.29, 0.717) is 40.6 Å². The van der Waals surface area contributed by atoms with Crippen LogP contribution in [0.1, 0.15) is 49.7 Å². The standard InChI is InChI=1S/C27H32N8O4S/c1-16-21(32-24(37)20-12-30-35-15-22(40-25(20)35)18-10-29-33(5)14-18)9-19(11-28-16)31-23(36)8-17-6-7-34(13-17)26(38)39-27(2,3)4/h9-12,14-15,17H,6-8,13H2,1-5H3,(H,31,36)(H,32,37)/t17-/m0/s1. The van der Waals surface area contributed by atoms with Gasteiger partial charge in [-0.3, -0.25) is 19.3 Å². The second-order valence-electron chi connectivity index (χ2n) is 11.0. The summed E-state index contributed by atoms with van der Waals surface area (Å²) in [6, 6.07) is 1.69. The van der Waals surface area contributed by atoms with E-state index in [2.05, 4.69) is 25.8 Å². The van der Waals surface area contributed by atoms with Crippen molar-refractivity contribution in [3.63, 3.8) is 0 Å². The van der Waals surface area contributed by atoms with Gasteiger partial charge in [0.1, 0.15) is 10.4 Å². The summed E-state index contributed by atoms with van der Waals surface area (Å²) in [7, 11) is 1.85. The van der Waals surface area contributed by atoms with Gasteiger partial charge in [0.15, 0.2) is 0 Å². The van der Waals surface area contributed by atoms with Gasteiger partial charge in [0.05, 0.1) is 46.1 Å². The Balaban J connectivity index is 1.21. The number of nitrogens with zero attached hydrogens (tertiary/aromatic N) is 6. The van der Waals surface area contributed by atoms with E-state index in [-0.39, 0.29) is 30.2 Å². The summed E-state index contributed by atoms with van der Waals surface area (Å²) in [6.45, 7) is 8.31. The van der Waals surface area contributed by atoms with Crippen LogP contribution in [0.2, 0.25) is 0 Å². The van der Waals surface area contributed by atoms with Gasteiger partial charge in [-0.05, 0) is 46.1 Å². The topological polar surface area (TPSA) is 136 Å². The summed E-state index contributed by atoms with van der Waals surface area (Å²) in [5.74, 6) is -0.466. The number of pyridine rings is 1. The van der Waals surface area contributed by atoms with Gasteiger partial charge in [0.25, 0.3) is 5.91 Å². The molecule has 0 saturated carbocycles. The van der Waals surface area contributed by atoms with E-state index in [1.165, 1.54) is 17.5 Å². The second-order valence-corrected chi connectivity index (χ2v) is 12.0. The number of likely N-dealkylation sites (tertiary alicyclic amines) is 1. The predicted molar refractivity (Wildman–Crippen MR) is 151 cm³/mol. The number of hydrogen-bond acceptors (Lipinski definition) is 8. The molecule has 1 aliphatic rings. The minimum atomic E-state index is -0.561. The van der Waals surface area contributed by atoms with Crippen molar-refractivity contribution in [1.82, 2.24) is 29.3 Å².